The number of hydrogen-bond donors (Lipinski definition) is 3. The van der Waals surface area contributed by atoms with Crippen LogP contribution in [0.1, 0.15) is 10.4 Å². The van der Waals surface area contributed by atoms with Gasteiger partial charge < -0.3 is 29.7 Å². The van der Waals surface area contributed by atoms with E-state index in [1.807, 2.05) is 60.7 Å². The van der Waals surface area contributed by atoms with Crippen molar-refractivity contribution in [3.05, 3.63) is 96.6 Å². The van der Waals surface area contributed by atoms with Crippen molar-refractivity contribution in [1.82, 2.24) is 5.32 Å². The fraction of sp³-hybridized carbons (Fsp3) is 0.233. The summed E-state index contributed by atoms with van der Waals surface area (Å²) in [7, 11) is 1.66. The Kier molecular flexibility index (Phi) is 13.1. The van der Waals surface area contributed by atoms with Gasteiger partial charge in [0, 0.05) is 40.0 Å². The van der Waals surface area contributed by atoms with Gasteiger partial charge in [-0.3, -0.25) is 0 Å². The van der Waals surface area contributed by atoms with Crippen LogP contribution in [0.2, 0.25) is 0 Å². The molecule has 41 heavy (non-hydrogen) atoms. The number of methoxy groups -OCH3 is 1. The smallest absolute Gasteiger partial charge is 0.338 e. The van der Waals surface area contributed by atoms with E-state index in [0.29, 0.717) is 36.6 Å². The zero-order chi connectivity index (χ0) is 29.5. The first-order valence-corrected chi connectivity index (χ1v) is 14.6. The summed E-state index contributed by atoms with van der Waals surface area (Å²) < 4.78 is 17.4. The molecule has 0 unspecified atom stereocenters. The fourth-order valence-electron chi connectivity index (χ4n) is 3.53. The van der Waals surface area contributed by atoms with E-state index in [0.717, 1.165) is 27.0 Å². The zero-order valence-electron chi connectivity index (χ0n) is 22.3. The minimum absolute atomic E-state index is 0.150. The molecular weight excluding hydrogens is 566 g/mol. The average Bonchev–Trinajstić information content (AvgIpc) is 3.20. The number of carbonyl (C=O) groups is 3. The molecule has 0 radical (unpaired) electrons. The van der Waals surface area contributed by atoms with E-state index in [1.54, 1.807) is 42.8 Å². The Morgan fingerprint density at radius 1 is 1.00 bits per heavy atom. The van der Waals surface area contributed by atoms with E-state index in [9.17, 15) is 14.4 Å². The van der Waals surface area contributed by atoms with Crippen molar-refractivity contribution in [3.8, 4) is 11.5 Å². The maximum Gasteiger partial charge on any atom is 0.338 e. The molecule has 0 aliphatic carbocycles. The summed E-state index contributed by atoms with van der Waals surface area (Å²) in [6.45, 7) is 1.11. The highest BCUT2D eigenvalue weighted by Gasteiger charge is 2.22. The lowest BCUT2D eigenvalue weighted by atomic mass is 10.2. The molecule has 3 N–H and O–H groups in total. The molecule has 0 saturated carbocycles. The van der Waals surface area contributed by atoms with E-state index < -0.39 is 11.9 Å². The Balaban J connectivity index is 0.000000507. The lowest BCUT2D eigenvalue weighted by Gasteiger charge is -2.22. The second kappa shape index (κ2) is 17.0. The normalized spacial score (nSPS) is 14.8. The van der Waals surface area contributed by atoms with Crippen LogP contribution >= 0.6 is 23.5 Å². The number of hydrogen-bond acceptors (Lipinski definition) is 9. The van der Waals surface area contributed by atoms with Gasteiger partial charge in [-0.05, 0) is 36.4 Å². The predicted molar refractivity (Wildman–Crippen MR) is 158 cm³/mol. The van der Waals surface area contributed by atoms with E-state index in [1.165, 1.54) is 0 Å². The summed E-state index contributed by atoms with van der Waals surface area (Å²) in [5, 5.41) is 19.2. The topological polar surface area (TPSA) is 131 Å². The van der Waals surface area contributed by atoms with E-state index in [-0.39, 0.29) is 18.1 Å². The third-order valence-corrected chi connectivity index (χ3v) is 7.91. The van der Waals surface area contributed by atoms with Gasteiger partial charge in [-0.1, -0.05) is 42.5 Å². The summed E-state index contributed by atoms with van der Waals surface area (Å²) in [4.78, 5) is 34.0. The maximum absolute atomic E-state index is 12.7. The third-order valence-electron chi connectivity index (χ3n) is 5.51. The summed E-state index contributed by atoms with van der Waals surface area (Å²) in [6, 6.07) is 25.2. The molecule has 9 nitrogen and oxygen atoms in total. The zero-order valence-corrected chi connectivity index (χ0v) is 23.9. The van der Waals surface area contributed by atoms with Gasteiger partial charge >= 0.3 is 17.9 Å². The number of esters is 1. The Morgan fingerprint density at radius 3 is 2.37 bits per heavy atom. The molecule has 1 aliphatic rings. The second-order valence-corrected chi connectivity index (χ2v) is 10.7. The second-order valence-electron chi connectivity index (χ2n) is 8.54. The Labute approximate surface area is 246 Å². The van der Waals surface area contributed by atoms with Crippen molar-refractivity contribution in [2.24, 2.45) is 0 Å². The lowest BCUT2D eigenvalue weighted by Crippen LogP contribution is -2.42. The lowest BCUT2D eigenvalue weighted by molar-refractivity contribution is -0.134. The third kappa shape index (κ3) is 11.2. The predicted octanol–water partition coefficient (Wildman–Crippen LogP) is 4.87. The van der Waals surface area contributed by atoms with Gasteiger partial charge in [-0.15, -0.1) is 23.5 Å². The van der Waals surface area contributed by atoms with E-state index in [2.05, 4.69) is 11.4 Å². The first kappa shape index (κ1) is 31.6. The Morgan fingerprint density at radius 2 is 1.66 bits per heavy atom. The fourth-order valence-corrected chi connectivity index (χ4v) is 5.58. The van der Waals surface area contributed by atoms with Crippen molar-refractivity contribution >= 4 is 41.4 Å². The highest BCUT2D eigenvalue weighted by Crippen LogP contribution is 2.32. The molecular formula is C30H31NO8S2. The molecule has 216 valence electrons. The number of fused-ring (bicyclic) bond motifs is 1. The molecule has 0 saturated heterocycles. The highest BCUT2D eigenvalue weighted by atomic mass is 32.2. The SMILES string of the molecule is COc1ccccc1SC[C@H](CN[C@@H]1COc2ccccc2SC1)OC(=O)c1ccccc1.O=C(O)/C=C\C(=O)O. The molecule has 1 aliphatic heterocycles. The van der Waals surface area contributed by atoms with Crippen molar-refractivity contribution in [2.75, 3.05) is 31.8 Å². The van der Waals surface area contributed by atoms with E-state index in [4.69, 9.17) is 24.4 Å². The van der Waals surface area contributed by atoms with Gasteiger partial charge in [0.1, 0.15) is 24.2 Å². The van der Waals surface area contributed by atoms with Crippen LogP contribution in [0.3, 0.4) is 0 Å². The molecule has 1 heterocycles. The minimum Gasteiger partial charge on any atom is -0.496 e. The van der Waals surface area contributed by atoms with Crippen LogP contribution < -0.4 is 14.8 Å². The molecule has 2 atom stereocenters. The highest BCUT2D eigenvalue weighted by molar-refractivity contribution is 7.99. The number of nitrogens with one attached hydrogen (secondary N) is 1. The van der Waals surface area contributed by atoms with Gasteiger partial charge in [0.05, 0.1) is 18.7 Å². The van der Waals surface area contributed by atoms with Gasteiger partial charge in [0.2, 0.25) is 0 Å². The summed E-state index contributed by atoms with van der Waals surface area (Å²) in [5.74, 6) is 0.394. The van der Waals surface area contributed by atoms with E-state index >= 15 is 0 Å². The Bertz CT molecular complexity index is 1280. The minimum atomic E-state index is -1.26. The summed E-state index contributed by atoms with van der Waals surface area (Å²) >= 11 is 3.40. The van der Waals surface area contributed by atoms with Crippen LogP contribution in [-0.2, 0) is 14.3 Å². The quantitative estimate of drug-likeness (QED) is 0.159. The number of carboxylic acid groups (broad SMARTS) is 2. The van der Waals surface area contributed by atoms with Crippen molar-refractivity contribution in [1.29, 1.82) is 0 Å². The first-order valence-electron chi connectivity index (χ1n) is 12.6. The number of ether oxygens (including phenoxy) is 3. The van der Waals surface area contributed by atoms with Crippen LogP contribution in [0, 0.1) is 0 Å². The van der Waals surface area contributed by atoms with Gasteiger partial charge in [-0.2, -0.15) is 0 Å². The van der Waals surface area contributed by atoms with Crippen LogP contribution in [0.25, 0.3) is 0 Å². The molecule has 3 aromatic carbocycles. The first-order chi connectivity index (χ1) is 19.9. The van der Waals surface area contributed by atoms with Crippen LogP contribution in [0.4, 0.5) is 0 Å². The van der Waals surface area contributed by atoms with Gasteiger partial charge in [0.15, 0.2) is 0 Å². The number of benzene rings is 3. The number of rotatable bonds is 11. The number of para-hydroxylation sites is 2. The summed E-state index contributed by atoms with van der Waals surface area (Å²) in [5.41, 5.74) is 0.550. The number of carboxylic acids is 2. The molecule has 0 bridgehead atoms. The molecule has 0 spiro atoms. The Hall–Kier alpha value is -3.93. The average molecular weight is 598 g/mol. The van der Waals surface area contributed by atoms with Crippen molar-refractivity contribution in [2.45, 2.75) is 21.9 Å². The molecule has 4 rings (SSSR count). The number of aliphatic carboxylic acids is 2. The summed E-state index contributed by atoms with van der Waals surface area (Å²) in [6.07, 6.45) is 0.799. The molecule has 0 amide bonds. The number of carbonyl (C=O) groups excluding carboxylic acids is 1. The largest absolute Gasteiger partial charge is 0.496 e. The maximum atomic E-state index is 12.7. The van der Waals surface area contributed by atoms with Crippen LogP contribution in [0.5, 0.6) is 11.5 Å². The standard InChI is InChI=1S/C26H27NO4S2.C4H4O4/c1-29-22-11-5-7-13-24(22)33-18-21(31-26(28)19-9-3-2-4-10-19)15-27-20-16-30-23-12-6-8-14-25(23)32-17-20;5-3(6)1-2-4(7)8/h2-14,20-21,27H,15-18H2,1H3;1-2H,(H,5,6)(H,7,8)/b;2-1-/t20-,21+;/m1./s1. The van der Waals surface area contributed by atoms with Gasteiger partial charge in [-0.25, -0.2) is 14.4 Å². The van der Waals surface area contributed by atoms with Gasteiger partial charge in [0.25, 0.3) is 0 Å². The molecule has 11 heteroatoms. The van der Waals surface area contributed by atoms with Crippen molar-refractivity contribution < 1.29 is 38.8 Å². The monoisotopic (exact) mass is 597 g/mol. The van der Waals surface area contributed by atoms with Crippen LogP contribution in [0.15, 0.2) is 101 Å². The molecule has 0 fully saturated rings. The molecule has 3 aromatic rings. The number of thioether (sulfide) groups is 2. The molecule has 0 aromatic heterocycles. The van der Waals surface area contributed by atoms with Crippen molar-refractivity contribution in [3.63, 3.8) is 0 Å². The van der Waals surface area contributed by atoms with Crippen LogP contribution in [-0.4, -0.2) is 72.0 Å².